The number of alkyl halides is 3. The van der Waals surface area contributed by atoms with Crippen molar-refractivity contribution in [3.05, 3.63) is 23.9 Å². The van der Waals surface area contributed by atoms with Gasteiger partial charge in [-0.15, -0.1) is 11.8 Å². The Morgan fingerprint density at radius 3 is 2.71 bits per heavy atom. The molecule has 1 aromatic rings. The van der Waals surface area contributed by atoms with E-state index in [0.717, 1.165) is 17.8 Å². The lowest BCUT2D eigenvalue weighted by Crippen LogP contribution is -2.09. The van der Waals surface area contributed by atoms with Crippen molar-refractivity contribution in [2.75, 3.05) is 12.3 Å². The maximum atomic E-state index is 12.4. The van der Waals surface area contributed by atoms with Gasteiger partial charge in [-0.2, -0.15) is 13.2 Å². The zero-order chi connectivity index (χ0) is 10.6. The van der Waals surface area contributed by atoms with Crippen LogP contribution in [0.4, 0.5) is 13.2 Å². The monoisotopic (exact) mass is 222 g/mol. The van der Waals surface area contributed by atoms with E-state index < -0.39 is 11.7 Å². The van der Waals surface area contributed by atoms with Crippen LogP contribution in [-0.2, 0) is 6.18 Å². The summed E-state index contributed by atoms with van der Waals surface area (Å²) < 4.78 is 37.2. The van der Waals surface area contributed by atoms with Crippen LogP contribution in [0.5, 0.6) is 0 Å². The Bertz CT molecular complexity index is 301. The quantitative estimate of drug-likeness (QED) is 0.796. The summed E-state index contributed by atoms with van der Waals surface area (Å²) in [5.41, 5.74) is 4.51. The molecule has 0 aliphatic carbocycles. The van der Waals surface area contributed by atoms with Crippen LogP contribution in [-0.4, -0.2) is 17.3 Å². The summed E-state index contributed by atoms with van der Waals surface area (Å²) in [5, 5.41) is -0.00884. The van der Waals surface area contributed by atoms with Crippen molar-refractivity contribution in [2.45, 2.75) is 11.2 Å². The number of nitrogens with zero attached hydrogens (tertiary/aromatic N) is 1. The van der Waals surface area contributed by atoms with Gasteiger partial charge in [0.2, 0.25) is 0 Å². The molecule has 0 amide bonds. The van der Waals surface area contributed by atoms with E-state index in [1.54, 1.807) is 0 Å². The van der Waals surface area contributed by atoms with E-state index in [1.807, 2.05) is 0 Å². The number of hydrogen-bond acceptors (Lipinski definition) is 3. The lowest BCUT2D eigenvalue weighted by atomic mass is 10.3. The number of thioether (sulfide) groups is 1. The second kappa shape index (κ2) is 4.65. The number of pyridine rings is 1. The van der Waals surface area contributed by atoms with Crippen molar-refractivity contribution in [2.24, 2.45) is 5.73 Å². The molecule has 0 aliphatic heterocycles. The molecule has 0 aliphatic rings. The Morgan fingerprint density at radius 2 is 2.14 bits per heavy atom. The summed E-state index contributed by atoms with van der Waals surface area (Å²) in [5.74, 6) is 0.431. The maximum absolute atomic E-state index is 12.4. The van der Waals surface area contributed by atoms with Gasteiger partial charge in [0.25, 0.3) is 0 Å². The minimum atomic E-state index is -4.34. The van der Waals surface area contributed by atoms with Gasteiger partial charge in [-0.25, -0.2) is 4.98 Å². The molecule has 1 heterocycles. The normalized spacial score (nSPS) is 11.7. The van der Waals surface area contributed by atoms with Crippen molar-refractivity contribution in [1.29, 1.82) is 0 Å². The van der Waals surface area contributed by atoms with Crippen LogP contribution in [0.2, 0.25) is 0 Å². The Balaban J connectivity index is 2.92. The molecular formula is C8H9F3N2S. The SMILES string of the molecule is NCCSc1ncccc1C(F)(F)F. The predicted octanol–water partition coefficient (Wildman–Crippen LogP) is 2.15. The Morgan fingerprint density at radius 1 is 1.43 bits per heavy atom. The Kier molecular flexibility index (Phi) is 3.77. The third-order valence-corrected chi connectivity index (χ3v) is 2.47. The van der Waals surface area contributed by atoms with Crippen LogP contribution in [0.15, 0.2) is 23.4 Å². The number of rotatable bonds is 3. The molecule has 78 valence electrons. The fourth-order valence-corrected chi connectivity index (χ4v) is 1.66. The van der Waals surface area contributed by atoms with Gasteiger partial charge in [0.05, 0.1) is 5.56 Å². The van der Waals surface area contributed by atoms with E-state index in [0.29, 0.717) is 12.3 Å². The molecule has 0 fully saturated rings. The fraction of sp³-hybridized carbons (Fsp3) is 0.375. The maximum Gasteiger partial charge on any atom is 0.419 e. The van der Waals surface area contributed by atoms with Crippen LogP contribution in [0.1, 0.15) is 5.56 Å². The smallest absolute Gasteiger partial charge is 0.330 e. The van der Waals surface area contributed by atoms with E-state index in [-0.39, 0.29) is 5.03 Å². The van der Waals surface area contributed by atoms with Gasteiger partial charge in [-0.05, 0) is 12.1 Å². The molecule has 1 rings (SSSR count). The molecule has 1 aromatic heterocycles. The van der Waals surface area contributed by atoms with Gasteiger partial charge in [0.1, 0.15) is 5.03 Å². The van der Waals surface area contributed by atoms with Gasteiger partial charge >= 0.3 is 6.18 Å². The molecule has 14 heavy (non-hydrogen) atoms. The zero-order valence-electron chi connectivity index (χ0n) is 7.21. The molecule has 0 saturated heterocycles. The van der Waals surface area contributed by atoms with E-state index in [9.17, 15) is 13.2 Å². The van der Waals surface area contributed by atoms with Gasteiger partial charge in [0.15, 0.2) is 0 Å². The second-order valence-electron chi connectivity index (χ2n) is 2.49. The van der Waals surface area contributed by atoms with E-state index >= 15 is 0 Å². The van der Waals surface area contributed by atoms with Crippen LogP contribution in [0, 0.1) is 0 Å². The largest absolute Gasteiger partial charge is 0.419 e. The molecule has 2 nitrogen and oxygen atoms in total. The first kappa shape index (κ1) is 11.3. The highest BCUT2D eigenvalue weighted by molar-refractivity contribution is 7.99. The lowest BCUT2D eigenvalue weighted by Gasteiger charge is -2.10. The Labute approximate surface area is 83.7 Å². The summed E-state index contributed by atoms with van der Waals surface area (Å²) in [6.45, 7) is 0.332. The molecule has 0 radical (unpaired) electrons. The molecular weight excluding hydrogens is 213 g/mol. The first-order chi connectivity index (χ1) is 6.55. The van der Waals surface area contributed by atoms with Crippen LogP contribution < -0.4 is 5.73 Å². The summed E-state index contributed by atoms with van der Waals surface area (Å²) in [6, 6.07) is 2.29. The zero-order valence-corrected chi connectivity index (χ0v) is 8.03. The summed E-state index contributed by atoms with van der Waals surface area (Å²) in [4.78, 5) is 3.67. The molecule has 2 N–H and O–H groups in total. The van der Waals surface area contributed by atoms with Gasteiger partial charge in [-0.1, -0.05) is 0 Å². The summed E-state index contributed by atoms with van der Waals surface area (Å²) in [7, 11) is 0. The first-order valence-electron chi connectivity index (χ1n) is 3.91. The first-order valence-corrected chi connectivity index (χ1v) is 4.89. The average molecular weight is 222 g/mol. The van der Waals surface area contributed by atoms with Crippen molar-refractivity contribution >= 4 is 11.8 Å². The standard InChI is InChI=1S/C8H9F3N2S/c9-8(10,11)6-2-1-4-13-7(6)14-5-3-12/h1-2,4H,3,5,12H2. The highest BCUT2D eigenvalue weighted by Gasteiger charge is 2.33. The van der Waals surface area contributed by atoms with Crippen molar-refractivity contribution in [3.63, 3.8) is 0 Å². The molecule has 0 atom stereocenters. The van der Waals surface area contributed by atoms with E-state index in [1.165, 1.54) is 12.3 Å². The number of aromatic nitrogens is 1. The van der Waals surface area contributed by atoms with Crippen LogP contribution in [0.25, 0.3) is 0 Å². The fourth-order valence-electron chi connectivity index (χ4n) is 0.877. The van der Waals surface area contributed by atoms with Crippen molar-refractivity contribution < 1.29 is 13.2 Å². The number of halogens is 3. The topological polar surface area (TPSA) is 38.9 Å². The average Bonchev–Trinajstić information content (AvgIpc) is 2.14. The van der Waals surface area contributed by atoms with Crippen molar-refractivity contribution in [3.8, 4) is 0 Å². The molecule has 0 spiro atoms. The Hall–Kier alpha value is -0.750. The number of nitrogens with two attached hydrogens (primary N) is 1. The minimum absolute atomic E-state index is 0.00884. The summed E-state index contributed by atoms with van der Waals surface area (Å²) >= 11 is 1.02. The van der Waals surface area contributed by atoms with Gasteiger partial charge in [-0.3, -0.25) is 0 Å². The highest BCUT2D eigenvalue weighted by Crippen LogP contribution is 2.34. The highest BCUT2D eigenvalue weighted by atomic mass is 32.2. The minimum Gasteiger partial charge on any atom is -0.330 e. The van der Waals surface area contributed by atoms with E-state index in [4.69, 9.17) is 5.73 Å². The molecule has 0 saturated carbocycles. The third kappa shape index (κ3) is 2.88. The molecule has 0 unspecified atom stereocenters. The molecule has 6 heteroatoms. The summed E-state index contributed by atoms with van der Waals surface area (Å²) in [6.07, 6.45) is -3.00. The number of hydrogen-bond donors (Lipinski definition) is 1. The molecule has 0 aromatic carbocycles. The van der Waals surface area contributed by atoms with Crippen LogP contribution in [0.3, 0.4) is 0 Å². The molecule has 0 bridgehead atoms. The lowest BCUT2D eigenvalue weighted by molar-refractivity contribution is -0.140. The van der Waals surface area contributed by atoms with Crippen molar-refractivity contribution in [1.82, 2.24) is 4.98 Å². The van der Waals surface area contributed by atoms with Crippen LogP contribution >= 0.6 is 11.8 Å². The second-order valence-corrected chi connectivity index (χ2v) is 3.57. The van der Waals surface area contributed by atoms with Gasteiger partial charge in [0, 0.05) is 18.5 Å². The van der Waals surface area contributed by atoms with Gasteiger partial charge < -0.3 is 5.73 Å². The third-order valence-electron chi connectivity index (χ3n) is 1.43. The van der Waals surface area contributed by atoms with E-state index in [2.05, 4.69) is 4.98 Å². The predicted molar refractivity (Wildman–Crippen MR) is 49.0 cm³/mol.